The number of aliphatic carboxylic acids is 1. The predicted octanol–water partition coefficient (Wildman–Crippen LogP) is 2.34. The van der Waals surface area contributed by atoms with Crippen molar-refractivity contribution < 1.29 is 23.8 Å². The fourth-order valence-corrected chi connectivity index (χ4v) is 3.49. The summed E-state index contributed by atoms with van der Waals surface area (Å²) >= 11 is 0. The molecule has 0 bridgehead atoms. The largest absolute Gasteiger partial charge is 0.481 e. The van der Waals surface area contributed by atoms with Crippen LogP contribution in [0.4, 0.5) is 10.3 Å². The number of esters is 1. The van der Waals surface area contributed by atoms with Crippen LogP contribution in [0.3, 0.4) is 0 Å². The molecule has 3 rings (SSSR count). The van der Waals surface area contributed by atoms with Crippen molar-refractivity contribution in [2.24, 2.45) is 11.7 Å². The van der Waals surface area contributed by atoms with E-state index < -0.39 is 17.8 Å². The molecular formula is C21H24FN5O4. The van der Waals surface area contributed by atoms with Crippen molar-refractivity contribution >= 4 is 23.7 Å². The van der Waals surface area contributed by atoms with E-state index in [1.54, 1.807) is 12.1 Å². The number of anilines is 1. The molecule has 0 amide bonds. The van der Waals surface area contributed by atoms with Crippen molar-refractivity contribution in [1.29, 1.82) is 5.41 Å². The van der Waals surface area contributed by atoms with Gasteiger partial charge in [0.1, 0.15) is 24.7 Å². The molecule has 31 heavy (non-hydrogen) atoms. The summed E-state index contributed by atoms with van der Waals surface area (Å²) in [5.74, 6) is -1.65. The average molecular weight is 429 g/mol. The number of carbonyl (C=O) groups is 2. The Balaban J connectivity index is 1.65. The van der Waals surface area contributed by atoms with Crippen molar-refractivity contribution in [1.82, 2.24) is 9.97 Å². The van der Waals surface area contributed by atoms with Crippen LogP contribution < -0.4 is 10.6 Å². The third-order valence-electron chi connectivity index (χ3n) is 5.11. The maximum absolute atomic E-state index is 14.9. The highest BCUT2D eigenvalue weighted by Crippen LogP contribution is 2.27. The minimum absolute atomic E-state index is 0.161. The quantitative estimate of drug-likeness (QED) is 0.330. The summed E-state index contributed by atoms with van der Waals surface area (Å²) < 4.78 is 19.9. The molecule has 1 aromatic carbocycles. The second-order valence-corrected chi connectivity index (χ2v) is 7.44. The Morgan fingerprint density at radius 2 is 1.94 bits per heavy atom. The van der Waals surface area contributed by atoms with Gasteiger partial charge in [-0.1, -0.05) is 18.2 Å². The Hall–Kier alpha value is -3.56. The Labute approximate surface area is 178 Å². The molecule has 0 spiro atoms. The van der Waals surface area contributed by atoms with Gasteiger partial charge in [-0.25, -0.2) is 14.4 Å². The first-order valence-corrected chi connectivity index (χ1v) is 9.88. The minimum atomic E-state index is -0.781. The zero-order valence-corrected chi connectivity index (χ0v) is 16.9. The molecular weight excluding hydrogens is 405 g/mol. The van der Waals surface area contributed by atoms with Crippen LogP contribution in [-0.2, 0) is 20.9 Å². The van der Waals surface area contributed by atoms with E-state index in [-0.39, 0.29) is 42.3 Å². The normalized spacial score (nSPS) is 14.3. The molecule has 2 heterocycles. The van der Waals surface area contributed by atoms with Gasteiger partial charge in [-0.3, -0.25) is 15.0 Å². The number of nitrogens with two attached hydrogens (primary N) is 1. The first kappa shape index (κ1) is 22.1. The fraction of sp³-hybridized carbons (Fsp3) is 0.381. The lowest BCUT2D eigenvalue weighted by Gasteiger charge is -2.31. The number of carboxylic acid groups (broad SMARTS) is 1. The smallest absolute Gasteiger partial charge is 0.313 e. The predicted molar refractivity (Wildman–Crippen MR) is 111 cm³/mol. The molecule has 1 fully saturated rings. The highest BCUT2D eigenvalue weighted by Gasteiger charge is 2.23. The molecule has 1 aromatic heterocycles. The van der Waals surface area contributed by atoms with Crippen LogP contribution in [0.1, 0.15) is 31.2 Å². The number of ether oxygens (including phenoxy) is 1. The molecule has 1 aliphatic heterocycles. The van der Waals surface area contributed by atoms with Crippen LogP contribution in [0.5, 0.6) is 0 Å². The summed E-state index contributed by atoms with van der Waals surface area (Å²) in [6, 6.07) is 4.75. The number of nitrogens with one attached hydrogen (secondary N) is 1. The van der Waals surface area contributed by atoms with Crippen LogP contribution in [-0.4, -0.2) is 45.9 Å². The van der Waals surface area contributed by atoms with Crippen LogP contribution in [0.2, 0.25) is 0 Å². The van der Waals surface area contributed by atoms with E-state index in [0.29, 0.717) is 24.6 Å². The first-order valence-electron chi connectivity index (χ1n) is 9.88. The number of halogens is 1. The maximum atomic E-state index is 14.9. The SMILES string of the molecule is N=C(N)CC(=O)OCc1cccc(-c2cnc(N3CCC(CC(=O)O)CC3)nc2)c1F. The second kappa shape index (κ2) is 9.96. The Morgan fingerprint density at radius 3 is 2.55 bits per heavy atom. The highest BCUT2D eigenvalue weighted by atomic mass is 19.1. The highest BCUT2D eigenvalue weighted by molar-refractivity contribution is 5.94. The van der Waals surface area contributed by atoms with Crippen molar-refractivity contribution in [2.45, 2.75) is 32.3 Å². The standard InChI is InChI=1S/C21H24FN5O4/c22-20-14(12-31-19(30)9-17(23)24)2-1-3-16(20)15-10-25-21(26-11-15)27-6-4-13(5-7-27)8-18(28)29/h1-3,10-11,13H,4-9,12H2,(H3,23,24)(H,28,29). The third kappa shape index (κ3) is 5.97. The molecule has 0 saturated carbocycles. The number of aromatic nitrogens is 2. The number of amidine groups is 1. The van der Waals surface area contributed by atoms with Gasteiger partial charge >= 0.3 is 11.9 Å². The number of benzene rings is 1. The summed E-state index contributed by atoms with van der Waals surface area (Å²) in [5, 5.41) is 16.0. The number of carboxylic acids is 1. The lowest BCUT2D eigenvalue weighted by Crippen LogP contribution is -2.35. The molecule has 1 aliphatic rings. The summed E-state index contributed by atoms with van der Waals surface area (Å²) in [6.45, 7) is 1.08. The summed E-state index contributed by atoms with van der Waals surface area (Å²) in [4.78, 5) is 33.1. The monoisotopic (exact) mass is 429 g/mol. The molecule has 1 saturated heterocycles. The number of rotatable bonds is 8. The number of nitrogens with zero attached hydrogens (tertiary/aromatic N) is 3. The molecule has 0 unspecified atom stereocenters. The van der Waals surface area contributed by atoms with Crippen LogP contribution in [0.15, 0.2) is 30.6 Å². The van der Waals surface area contributed by atoms with Crippen molar-refractivity contribution in [3.8, 4) is 11.1 Å². The molecule has 4 N–H and O–H groups in total. The molecule has 0 atom stereocenters. The molecule has 2 aromatic rings. The van der Waals surface area contributed by atoms with E-state index in [4.69, 9.17) is 21.0 Å². The van der Waals surface area contributed by atoms with E-state index in [1.807, 2.05) is 4.90 Å². The summed E-state index contributed by atoms with van der Waals surface area (Å²) in [6.07, 6.45) is 4.43. The number of hydrogen-bond acceptors (Lipinski definition) is 7. The first-order chi connectivity index (χ1) is 14.8. The third-order valence-corrected chi connectivity index (χ3v) is 5.11. The Morgan fingerprint density at radius 1 is 1.26 bits per heavy atom. The molecule has 164 valence electrons. The number of piperidine rings is 1. The van der Waals surface area contributed by atoms with Crippen molar-refractivity contribution in [3.05, 3.63) is 42.0 Å². The van der Waals surface area contributed by atoms with E-state index in [9.17, 15) is 14.0 Å². The second-order valence-electron chi connectivity index (χ2n) is 7.44. The Bertz CT molecular complexity index is 959. The lowest BCUT2D eigenvalue weighted by molar-refractivity contribution is -0.143. The lowest BCUT2D eigenvalue weighted by atomic mass is 9.94. The molecule has 9 nitrogen and oxygen atoms in total. The van der Waals surface area contributed by atoms with Crippen LogP contribution in [0.25, 0.3) is 11.1 Å². The molecule has 0 aliphatic carbocycles. The topological polar surface area (TPSA) is 142 Å². The van der Waals surface area contributed by atoms with E-state index in [2.05, 4.69) is 9.97 Å². The van der Waals surface area contributed by atoms with Crippen molar-refractivity contribution in [3.63, 3.8) is 0 Å². The zero-order valence-electron chi connectivity index (χ0n) is 16.9. The van der Waals surface area contributed by atoms with Gasteiger partial charge in [0.2, 0.25) is 5.95 Å². The van der Waals surface area contributed by atoms with Gasteiger partial charge in [-0.15, -0.1) is 0 Å². The summed E-state index contributed by atoms with van der Waals surface area (Å²) in [7, 11) is 0. The maximum Gasteiger partial charge on any atom is 0.313 e. The van der Waals surface area contributed by atoms with Crippen LogP contribution >= 0.6 is 0 Å². The van der Waals surface area contributed by atoms with Crippen molar-refractivity contribution in [2.75, 3.05) is 18.0 Å². The van der Waals surface area contributed by atoms with E-state index in [1.165, 1.54) is 18.5 Å². The minimum Gasteiger partial charge on any atom is -0.481 e. The van der Waals surface area contributed by atoms with Gasteiger partial charge in [0.25, 0.3) is 0 Å². The van der Waals surface area contributed by atoms with Crippen LogP contribution in [0, 0.1) is 17.1 Å². The number of carbonyl (C=O) groups excluding carboxylic acids is 1. The van der Waals surface area contributed by atoms with E-state index >= 15 is 0 Å². The molecule has 0 radical (unpaired) electrons. The zero-order chi connectivity index (χ0) is 22.4. The summed E-state index contributed by atoms with van der Waals surface area (Å²) in [5.41, 5.74) is 6.11. The van der Waals surface area contributed by atoms with Gasteiger partial charge in [-0.05, 0) is 18.8 Å². The average Bonchev–Trinajstić information content (AvgIpc) is 2.73. The van der Waals surface area contributed by atoms with Gasteiger partial charge in [0.05, 0.1) is 0 Å². The van der Waals surface area contributed by atoms with Gasteiger partial charge in [0.15, 0.2) is 0 Å². The van der Waals surface area contributed by atoms with Gasteiger partial charge in [-0.2, -0.15) is 0 Å². The van der Waals surface area contributed by atoms with Gasteiger partial charge < -0.3 is 20.5 Å². The van der Waals surface area contributed by atoms with E-state index in [0.717, 1.165) is 12.8 Å². The Kier molecular flexibility index (Phi) is 7.11. The van der Waals surface area contributed by atoms with Gasteiger partial charge in [0, 0.05) is 48.6 Å². The number of hydrogen-bond donors (Lipinski definition) is 3. The fourth-order valence-electron chi connectivity index (χ4n) is 3.49. The molecule has 10 heteroatoms.